The molecule has 0 amide bonds. The number of allylic oxidation sites excluding steroid dienone is 1. The fraction of sp³-hybridized carbons (Fsp3) is 0.194. The van der Waals surface area contributed by atoms with Crippen LogP contribution in [0.5, 0.6) is 11.5 Å². The second kappa shape index (κ2) is 13.5. The van der Waals surface area contributed by atoms with Crippen molar-refractivity contribution >= 4 is 39.6 Å². The Hall–Kier alpha value is -4.58. The van der Waals surface area contributed by atoms with Crippen molar-refractivity contribution in [2.24, 2.45) is 0 Å². The number of pyridine rings is 2. The predicted molar refractivity (Wildman–Crippen MR) is 161 cm³/mol. The fourth-order valence-electron chi connectivity index (χ4n) is 3.91. The minimum Gasteiger partial charge on any atom is -0.492 e. The van der Waals surface area contributed by atoms with Gasteiger partial charge in [-0.2, -0.15) is 5.26 Å². The molecule has 0 atom stereocenters. The van der Waals surface area contributed by atoms with Gasteiger partial charge in [-0.1, -0.05) is 30.3 Å². The quantitative estimate of drug-likeness (QED) is 0.182. The molecule has 204 valence electrons. The lowest BCUT2D eigenvalue weighted by molar-refractivity contribution is 0.301. The van der Waals surface area contributed by atoms with E-state index in [0.29, 0.717) is 63.6 Å². The highest BCUT2D eigenvalue weighted by molar-refractivity contribution is 6.32. The first-order chi connectivity index (χ1) is 19.4. The molecule has 2 aromatic carbocycles. The number of likely N-dealkylation sites (N-methyl/N-ethyl adjacent to an activating group) is 1. The van der Waals surface area contributed by atoms with Crippen molar-refractivity contribution in [1.29, 1.82) is 5.26 Å². The van der Waals surface area contributed by atoms with Crippen molar-refractivity contribution in [2.75, 3.05) is 37.9 Å². The van der Waals surface area contributed by atoms with Crippen molar-refractivity contribution in [3.63, 3.8) is 0 Å². The van der Waals surface area contributed by atoms with Crippen LogP contribution in [-0.2, 0) is 6.61 Å². The lowest BCUT2D eigenvalue weighted by Gasteiger charge is -2.17. The Morgan fingerprint density at radius 2 is 1.98 bits per heavy atom. The van der Waals surface area contributed by atoms with Crippen LogP contribution < -0.4 is 20.1 Å². The third-order valence-electron chi connectivity index (χ3n) is 5.78. The number of fused-ring (bicyclic) bond motifs is 1. The van der Waals surface area contributed by atoms with E-state index < -0.39 is 0 Å². The average molecular weight is 555 g/mol. The van der Waals surface area contributed by atoms with Gasteiger partial charge < -0.3 is 25.0 Å². The van der Waals surface area contributed by atoms with Gasteiger partial charge in [0.05, 0.1) is 39.8 Å². The van der Waals surface area contributed by atoms with E-state index in [2.05, 4.69) is 38.1 Å². The third kappa shape index (κ3) is 7.29. The maximum atomic E-state index is 9.88. The number of halogens is 1. The van der Waals surface area contributed by atoms with Crippen LogP contribution >= 0.6 is 11.6 Å². The van der Waals surface area contributed by atoms with E-state index in [1.807, 2.05) is 69.6 Å². The van der Waals surface area contributed by atoms with Gasteiger partial charge in [-0.05, 0) is 63.5 Å². The molecule has 4 aromatic rings. The lowest BCUT2D eigenvalue weighted by Crippen LogP contribution is -2.10. The van der Waals surface area contributed by atoms with Crippen LogP contribution in [0.2, 0.25) is 5.02 Å². The highest BCUT2D eigenvalue weighted by Gasteiger charge is 2.15. The molecule has 0 unspecified atom stereocenters. The molecule has 8 nitrogen and oxygen atoms in total. The number of nitrogens with one attached hydrogen (secondary N) is 2. The minimum absolute atomic E-state index is 0.300. The van der Waals surface area contributed by atoms with Crippen LogP contribution in [0.25, 0.3) is 10.9 Å². The van der Waals surface area contributed by atoms with Crippen LogP contribution in [0.4, 0.5) is 17.1 Å². The lowest BCUT2D eigenvalue weighted by atomic mass is 10.1. The van der Waals surface area contributed by atoms with Crippen molar-refractivity contribution in [2.45, 2.75) is 13.5 Å². The van der Waals surface area contributed by atoms with Crippen LogP contribution in [0, 0.1) is 11.3 Å². The Morgan fingerprint density at radius 3 is 2.67 bits per heavy atom. The molecule has 2 aromatic heterocycles. The van der Waals surface area contributed by atoms with Crippen molar-refractivity contribution in [1.82, 2.24) is 14.9 Å². The van der Waals surface area contributed by atoms with Gasteiger partial charge in [-0.15, -0.1) is 0 Å². The summed E-state index contributed by atoms with van der Waals surface area (Å²) in [6, 6.07) is 17.0. The van der Waals surface area contributed by atoms with E-state index in [-0.39, 0.29) is 0 Å². The van der Waals surface area contributed by atoms with Crippen LogP contribution in [0.3, 0.4) is 0 Å². The van der Waals surface area contributed by atoms with Gasteiger partial charge in [0, 0.05) is 41.8 Å². The van der Waals surface area contributed by atoms with E-state index in [4.69, 9.17) is 21.1 Å². The Morgan fingerprint density at radius 1 is 1.12 bits per heavy atom. The summed E-state index contributed by atoms with van der Waals surface area (Å²) in [5.74, 6) is 1.17. The molecule has 0 aliphatic carbocycles. The number of ether oxygens (including phenoxy) is 2. The van der Waals surface area contributed by atoms with Gasteiger partial charge in [0.15, 0.2) is 0 Å². The third-order valence-corrected chi connectivity index (χ3v) is 6.07. The number of anilines is 3. The smallest absolute Gasteiger partial charge is 0.144 e. The predicted octanol–water partition coefficient (Wildman–Crippen LogP) is 6.92. The minimum atomic E-state index is 0.300. The summed E-state index contributed by atoms with van der Waals surface area (Å²) in [6.45, 7) is 7.61. The van der Waals surface area contributed by atoms with E-state index in [1.54, 1.807) is 24.5 Å². The topological polar surface area (TPSA) is 95.3 Å². The van der Waals surface area contributed by atoms with E-state index in [0.717, 1.165) is 17.6 Å². The Bertz CT molecular complexity index is 1560. The zero-order chi connectivity index (χ0) is 28.5. The molecule has 0 aliphatic heterocycles. The molecule has 0 spiro atoms. The van der Waals surface area contributed by atoms with Crippen LogP contribution in [0.1, 0.15) is 18.2 Å². The monoisotopic (exact) mass is 554 g/mol. The highest BCUT2D eigenvalue weighted by atomic mass is 35.5. The van der Waals surface area contributed by atoms with Gasteiger partial charge in [-0.3, -0.25) is 9.97 Å². The molecular weight excluding hydrogens is 524 g/mol. The Labute approximate surface area is 239 Å². The normalized spacial score (nSPS) is 11.0. The average Bonchev–Trinajstić information content (AvgIpc) is 2.94. The molecular formula is C31H31ClN6O2. The van der Waals surface area contributed by atoms with Gasteiger partial charge >= 0.3 is 0 Å². The zero-order valence-corrected chi connectivity index (χ0v) is 23.5. The summed E-state index contributed by atoms with van der Waals surface area (Å²) < 4.78 is 11.7. The SMILES string of the molecule is C=C(/C=C/CN(C)C)Nc1cc2c(Nc3ccc(OCc4ccccn4)c(Cl)c3)c(C#N)cnc2cc1OCC. The standard InChI is InChI=1S/C31H31ClN6O2/c1-5-39-30-17-27-25(16-28(30)36-21(2)9-8-14-38(3)4)31(22(18-33)19-35-27)37-23-11-12-29(26(32)15-23)40-20-24-10-6-7-13-34-24/h6-13,15-17,19,36H,2,5,14,20H2,1,3-4H3,(H,35,37)/b9-8+. The second-order valence-electron chi connectivity index (χ2n) is 9.15. The zero-order valence-electron chi connectivity index (χ0n) is 22.7. The summed E-state index contributed by atoms with van der Waals surface area (Å²) >= 11 is 6.54. The van der Waals surface area contributed by atoms with Gasteiger partial charge in [0.1, 0.15) is 24.2 Å². The Balaban J connectivity index is 1.64. The molecule has 4 rings (SSSR count). The number of hydrogen-bond donors (Lipinski definition) is 2. The van der Waals surface area contributed by atoms with Crippen LogP contribution in [-0.4, -0.2) is 42.1 Å². The molecule has 9 heteroatoms. The number of rotatable bonds is 12. The van der Waals surface area contributed by atoms with E-state index >= 15 is 0 Å². The summed E-state index contributed by atoms with van der Waals surface area (Å²) in [5.41, 5.74) is 4.57. The first-order valence-electron chi connectivity index (χ1n) is 12.7. The summed E-state index contributed by atoms with van der Waals surface area (Å²) in [4.78, 5) is 10.8. The van der Waals surface area contributed by atoms with Crippen molar-refractivity contribution in [3.05, 3.63) is 102 Å². The van der Waals surface area contributed by atoms with Gasteiger partial charge in [0.25, 0.3) is 0 Å². The Kier molecular flexibility index (Phi) is 9.57. The van der Waals surface area contributed by atoms with E-state index in [9.17, 15) is 5.26 Å². The maximum absolute atomic E-state index is 9.88. The van der Waals surface area contributed by atoms with Gasteiger partial charge in [-0.25, -0.2) is 0 Å². The number of nitriles is 1. The summed E-state index contributed by atoms with van der Waals surface area (Å²) in [6.07, 6.45) is 7.20. The van der Waals surface area contributed by atoms with E-state index in [1.165, 1.54) is 0 Å². The van der Waals surface area contributed by atoms with Crippen molar-refractivity contribution < 1.29 is 9.47 Å². The maximum Gasteiger partial charge on any atom is 0.144 e. The highest BCUT2D eigenvalue weighted by Crippen LogP contribution is 2.37. The molecule has 2 heterocycles. The second-order valence-corrected chi connectivity index (χ2v) is 9.56. The summed E-state index contributed by atoms with van der Waals surface area (Å²) in [7, 11) is 4.00. The van der Waals surface area contributed by atoms with Crippen molar-refractivity contribution in [3.8, 4) is 17.6 Å². The first-order valence-corrected chi connectivity index (χ1v) is 13.1. The fourth-order valence-corrected chi connectivity index (χ4v) is 4.14. The molecule has 0 fully saturated rings. The number of hydrogen-bond acceptors (Lipinski definition) is 8. The molecule has 0 bridgehead atoms. The number of benzene rings is 2. The number of nitrogens with zero attached hydrogens (tertiary/aromatic N) is 4. The first kappa shape index (κ1) is 28.4. The largest absolute Gasteiger partial charge is 0.492 e. The molecule has 2 N–H and O–H groups in total. The summed E-state index contributed by atoms with van der Waals surface area (Å²) in [5, 5.41) is 17.7. The molecule has 40 heavy (non-hydrogen) atoms. The molecule has 0 radical (unpaired) electrons. The molecule has 0 saturated carbocycles. The van der Waals surface area contributed by atoms with Gasteiger partial charge in [0.2, 0.25) is 0 Å². The molecule has 0 aliphatic rings. The number of aromatic nitrogens is 2. The molecule has 0 saturated heterocycles. The van der Waals surface area contributed by atoms with Crippen LogP contribution in [0.15, 0.2) is 85.4 Å².